The third-order valence-electron chi connectivity index (χ3n) is 5.00. The molecule has 0 amide bonds. The van der Waals surface area contributed by atoms with E-state index in [0.717, 1.165) is 5.92 Å². The van der Waals surface area contributed by atoms with Gasteiger partial charge >= 0.3 is 0 Å². The van der Waals surface area contributed by atoms with Gasteiger partial charge in [-0.2, -0.15) is 0 Å². The van der Waals surface area contributed by atoms with Crippen LogP contribution in [0.2, 0.25) is 0 Å². The van der Waals surface area contributed by atoms with Crippen molar-refractivity contribution in [3.05, 3.63) is 71.3 Å². The van der Waals surface area contributed by atoms with Gasteiger partial charge in [-0.25, -0.2) is 0 Å². The van der Waals surface area contributed by atoms with Gasteiger partial charge in [0, 0.05) is 12.1 Å². The van der Waals surface area contributed by atoms with Crippen molar-refractivity contribution in [2.75, 3.05) is 0 Å². The highest BCUT2D eigenvalue weighted by atomic mass is 15.0. The standard InChI is InChI=1S/C19H21N/c1-2-6-14(7-3-1)19-17-10-11-18(20-19)13-16-9-5-4-8-15(16)12-17/h1-9,17-20H,10-13H2/t17?,18-,19+/m1/s1. The predicted molar refractivity (Wildman–Crippen MR) is 82.7 cm³/mol. The lowest BCUT2D eigenvalue weighted by Crippen LogP contribution is -2.45. The molecule has 102 valence electrons. The molecule has 3 aliphatic rings. The Morgan fingerprint density at radius 3 is 2.25 bits per heavy atom. The maximum Gasteiger partial charge on any atom is 0.0354 e. The first-order chi connectivity index (χ1) is 9.90. The molecule has 20 heavy (non-hydrogen) atoms. The SMILES string of the molecule is c1ccc([C@@H]2N[C@@H]3CCC2Cc2ccccc2C3)cc1. The zero-order chi connectivity index (χ0) is 13.4. The summed E-state index contributed by atoms with van der Waals surface area (Å²) in [5.74, 6) is 0.732. The van der Waals surface area contributed by atoms with Crippen molar-refractivity contribution in [2.45, 2.75) is 37.8 Å². The summed E-state index contributed by atoms with van der Waals surface area (Å²) in [5.41, 5.74) is 4.59. The van der Waals surface area contributed by atoms with Gasteiger partial charge in [0.2, 0.25) is 0 Å². The Labute approximate surface area is 121 Å². The summed E-state index contributed by atoms with van der Waals surface area (Å²) in [7, 11) is 0. The fraction of sp³-hybridized carbons (Fsp3) is 0.368. The van der Waals surface area contributed by atoms with Crippen LogP contribution in [0.1, 0.15) is 35.6 Å². The minimum Gasteiger partial charge on any atom is -0.307 e. The van der Waals surface area contributed by atoms with E-state index in [1.54, 1.807) is 11.1 Å². The largest absolute Gasteiger partial charge is 0.307 e. The van der Waals surface area contributed by atoms with Crippen LogP contribution in [0.4, 0.5) is 0 Å². The lowest BCUT2D eigenvalue weighted by atomic mass is 9.75. The van der Waals surface area contributed by atoms with Gasteiger partial charge < -0.3 is 5.32 Å². The zero-order valence-electron chi connectivity index (χ0n) is 11.8. The molecule has 1 N–H and O–H groups in total. The zero-order valence-corrected chi connectivity index (χ0v) is 11.8. The molecule has 1 heteroatoms. The molecule has 0 spiro atoms. The van der Waals surface area contributed by atoms with Gasteiger partial charge in [0.15, 0.2) is 0 Å². The molecule has 1 unspecified atom stereocenters. The average Bonchev–Trinajstić information content (AvgIpc) is 2.48. The summed E-state index contributed by atoms with van der Waals surface area (Å²) < 4.78 is 0. The molecule has 5 rings (SSSR count). The molecule has 0 saturated carbocycles. The number of hydrogen-bond donors (Lipinski definition) is 1. The van der Waals surface area contributed by atoms with Crippen molar-refractivity contribution in [3.63, 3.8) is 0 Å². The first-order valence-corrected chi connectivity index (χ1v) is 7.78. The number of rotatable bonds is 1. The first kappa shape index (κ1) is 12.2. The number of benzene rings is 2. The Kier molecular flexibility index (Phi) is 3.08. The van der Waals surface area contributed by atoms with Crippen LogP contribution in [0.25, 0.3) is 0 Å². The van der Waals surface area contributed by atoms with Gasteiger partial charge in [-0.1, -0.05) is 54.6 Å². The Morgan fingerprint density at radius 2 is 1.45 bits per heavy atom. The van der Waals surface area contributed by atoms with Crippen LogP contribution in [0.15, 0.2) is 54.6 Å². The minimum atomic E-state index is 0.531. The quantitative estimate of drug-likeness (QED) is 0.823. The maximum atomic E-state index is 3.91. The molecule has 1 nitrogen and oxygen atoms in total. The van der Waals surface area contributed by atoms with E-state index in [1.807, 2.05) is 0 Å². The van der Waals surface area contributed by atoms with Gasteiger partial charge in [-0.05, 0) is 48.3 Å². The number of hydrogen-bond acceptors (Lipinski definition) is 1. The average molecular weight is 263 g/mol. The van der Waals surface area contributed by atoms with Gasteiger partial charge in [0.25, 0.3) is 0 Å². The second-order valence-corrected chi connectivity index (χ2v) is 6.27. The Balaban J connectivity index is 1.70. The smallest absolute Gasteiger partial charge is 0.0354 e. The molecule has 2 aromatic rings. The molecular formula is C19H21N. The van der Waals surface area contributed by atoms with Gasteiger partial charge in [0.1, 0.15) is 0 Å². The van der Waals surface area contributed by atoms with Gasteiger partial charge in [-0.15, -0.1) is 0 Å². The van der Waals surface area contributed by atoms with Crippen molar-refractivity contribution in [1.82, 2.24) is 5.32 Å². The van der Waals surface area contributed by atoms with E-state index < -0.39 is 0 Å². The molecule has 1 aliphatic carbocycles. The molecule has 1 fully saturated rings. The molecular weight excluding hydrogens is 242 g/mol. The molecule has 1 saturated heterocycles. The van der Waals surface area contributed by atoms with E-state index in [2.05, 4.69) is 59.9 Å². The van der Waals surface area contributed by atoms with Crippen LogP contribution >= 0.6 is 0 Å². The minimum absolute atomic E-state index is 0.531. The molecule has 2 heterocycles. The van der Waals surface area contributed by atoms with Gasteiger partial charge in [0.05, 0.1) is 0 Å². The Morgan fingerprint density at radius 1 is 0.750 bits per heavy atom. The van der Waals surface area contributed by atoms with E-state index in [4.69, 9.17) is 0 Å². The molecule has 0 aromatic heterocycles. The predicted octanol–water partition coefficient (Wildman–Crippen LogP) is 3.89. The fourth-order valence-corrected chi connectivity index (χ4v) is 3.97. The number of piperidine rings is 1. The van der Waals surface area contributed by atoms with Crippen molar-refractivity contribution in [2.24, 2.45) is 5.92 Å². The second-order valence-electron chi connectivity index (χ2n) is 6.27. The number of nitrogens with one attached hydrogen (secondary N) is 1. The monoisotopic (exact) mass is 263 g/mol. The summed E-state index contributed by atoms with van der Waals surface area (Å²) in [5, 5.41) is 3.91. The molecule has 0 radical (unpaired) electrons. The topological polar surface area (TPSA) is 12.0 Å². The van der Waals surface area contributed by atoms with Crippen molar-refractivity contribution >= 4 is 0 Å². The van der Waals surface area contributed by atoms with Gasteiger partial charge in [-0.3, -0.25) is 0 Å². The first-order valence-electron chi connectivity index (χ1n) is 7.78. The van der Waals surface area contributed by atoms with Crippen molar-refractivity contribution in [3.8, 4) is 0 Å². The Bertz CT molecular complexity index is 590. The summed E-state index contributed by atoms with van der Waals surface area (Å²) in [6.07, 6.45) is 5.08. The normalized spacial score (nSPS) is 28.5. The van der Waals surface area contributed by atoms with Crippen LogP contribution in [0, 0.1) is 5.92 Å². The van der Waals surface area contributed by atoms with E-state index in [9.17, 15) is 0 Å². The Hall–Kier alpha value is -1.60. The molecule has 3 atom stereocenters. The van der Waals surface area contributed by atoms with Crippen LogP contribution in [-0.4, -0.2) is 6.04 Å². The summed E-state index contributed by atoms with van der Waals surface area (Å²) >= 11 is 0. The highest BCUT2D eigenvalue weighted by Gasteiger charge is 2.33. The second kappa shape index (κ2) is 5.06. The van der Waals surface area contributed by atoms with Crippen LogP contribution in [0.5, 0.6) is 0 Å². The van der Waals surface area contributed by atoms with E-state index in [0.29, 0.717) is 12.1 Å². The third kappa shape index (κ3) is 2.16. The summed E-state index contributed by atoms with van der Waals surface area (Å²) in [4.78, 5) is 0. The maximum absolute atomic E-state index is 3.91. The highest BCUT2D eigenvalue weighted by Crippen LogP contribution is 2.37. The van der Waals surface area contributed by atoms with Crippen molar-refractivity contribution < 1.29 is 0 Å². The lowest BCUT2D eigenvalue weighted by Gasteiger charge is -2.41. The van der Waals surface area contributed by atoms with E-state index in [-0.39, 0.29) is 0 Å². The summed E-state index contributed by atoms with van der Waals surface area (Å²) in [6.45, 7) is 0. The van der Waals surface area contributed by atoms with E-state index >= 15 is 0 Å². The van der Waals surface area contributed by atoms with Crippen LogP contribution in [0.3, 0.4) is 0 Å². The molecule has 2 aliphatic heterocycles. The highest BCUT2D eigenvalue weighted by molar-refractivity contribution is 5.31. The number of fused-ring (bicyclic) bond motifs is 2. The van der Waals surface area contributed by atoms with Crippen LogP contribution < -0.4 is 5.32 Å². The molecule has 2 aromatic carbocycles. The third-order valence-corrected chi connectivity index (χ3v) is 5.00. The van der Waals surface area contributed by atoms with E-state index in [1.165, 1.54) is 31.2 Å². The lowest BCUT2D eigenvalue weighted by molar-refractivity contribution is 0.221. The van der Waals surface area contributed by atoms with Crippen molar-refractivity contribution in [1.29, 1.82) is 0 Å². The fourth-order valence-electron chi connectivity index (χ4n) is 3.97. The van der Waals surface area contributed by atoms with Crippen LogP contribution in [-0.2, 0) is 12.8 Å². The summed E-state index contributed by atoms with van der Waals surface area (Å²) in [6, 6.07) is 21.2. The molecule has 2 bridgehead atoms.